The van der Waals surface area contributed by atoms with Crippen LogP contribution in [-0.4, -0.2) is 54.5 Å². The van der Waals surface area contributed by atoms with Gasteiger partial charge in [0.05, 0.1) is 18.3 Å². The monoisotopic (exact) mass is 428 g/mol. The number of carbonyl (C=O) groups is 4. The smallest absolute Gasteiger partial charge is 0.308 e. The molecule has 9 heteroatoms. The molecule has 2 heterocycles. The van der Waals surface area contributed by atoms with Crippen molar-refractivity contribution in [3.63, 3.8) is 0 Å². The molecule has 1 aromatic carbocycles. The summed E-state index contributed by atoms with van der Waals surface area (Å²) in [6.45, 7) is 2.31. The van der Waals surface area contributed by atoms with E-state index in [1.165, 1.54) is 6.92 Å². The highest BCUT2D eigenvalue weighted by Gasteiger charge is 2.47. The van der Waals surface area contributed by atoms with Crippen molar-refractivity contribution in [3.8, 4) is 11.5 Å². The lowest BCUT2D eigenvalue weighted by atomic mass is 9.85. The second kappa shape index (κ2) is 8.79. The number of carbonyl (C=O) groups excluding carboxylic acids is 4. The molecule has 1 aliphatic carbocycles. The van der Waals surface area contributed by atoms with Crippen molar-refractivity contribution in [2.45, 2.75) is 32.3 Å². The summed E-state index contributed by atoms with van der Waals surface area (Å²) in [5.41, 5.74) is 0.488. The maximum Gasteiger partial charge on any atom is 0.308 e. The topological polar surface area (TPSA) is 111 Å². The second-order valence-electron chi connectivity index (χ2n) is 7.71. The Balaban J connectivity index is 1.26. The fourth-order valence-corrected chi connectivity index (χ4v) is 3.97. The van der Waals surface area contributed by atoms with Crippen molar-refractivity contribution in [1.82, 2.24) is 4.90 Å². The molecule has 0 spiro atoms. The van der Waals surface area contributed by atoms with Gasteiger partial charge in [-0.05, 0) is 31.9 Å². The summed E-state index contributed by atoms with van der Waals surface area (Å²) in [6, 6.07) is 5.00. The lowest BCUT2D eigenvalue weighted by molar-refractivity contribution is -0.154. The number of nitrogens with zero attached hydrogens (tertiary/aromatic N) is 1. The Hall–Kier alpha value is -3.36. The van der Waals surface area contributed by atoms with E-state index in [0.29, 0.717) is 43.2 Å². The van der Waals surface area contributed by atoms with E-state index in [2.05, 4.69) is 5.32 Å². The number of amides is 3. The maximum atomic E-state index is 12.4. The van der Waals surface area contributed by atoms with Gasteiger partial charge in [-0.15, -0.1) is 0 Å². The van der Waals surface area contributed by atoms with Gasteiger partial charge >= 0.3 is 5.97 Å². The SMILES string of the molecule is C[C@H](OC(=O)CCN1C(=O)[C@@H]2CC=CC[C@H]2C1=O)C(=O)Nc1ccc2c(c1)OCCO2. The molecule has 31 heavy (non-hydrogen) atoms. The lowest BCUT2D eigenvalue weighted by Gasteiger charge is -2.19. The average Bonchev–Trinajstić information content (AvgIpc) is 3.02. The van der Waals surface area contributed by atoms with Gasteiger partial charge in [-0.3, -0.25) is 24.1 Å². The van der Waals surface area contributed by atoms with Crippen LogP contribution >= 0.6 is 0 Å². The summed E-state index contributed by atoms with van der Waals surface area (Å²) in [6.07, 6.45) is 3.71. The van der Waals surface area contributed by atoms with Crippen LogP contribution in [-0.2, 0) is 23.9 Å². The molecule has 3 aliphatic rings. The van der Waals surface area contributed by atoms with Crippen LogP contribution in [0, 0.1) is 11.8 Å². The minimum atomic E-state index is -1.04. The molecule has 0 bridgehead atoms. The highest BCUT2D eigenvalue weighted by molar-refractivity contribution is 6.05. The van der Waals surface area contributed by atoms with Gasteiger partial charge in [0.25, 0.3) is 5.91 Å². The summed E-state index contributed by atoms with van der Waals surface area (Å²) in [7, 11) is 0. The molecule has 0 aromatic heterocycles. The number of benzene rings is 1. The summed E-state index contributed by atoms with van der Waals surface area (Å²) in [4.78, 5) is 50.6. The molecule has 3 amide bonds. The number of anilines is 1. The van der Waals surface area contributed by atoms with Gasteiger partial charge in [-0.2, -0.15) is 0 Å². The molecule has 9 nitrogen and oxygen atoms in total. The zero-order valence-electron chi connectivity index (χ0n) is 17.2. The van der Waals surface area contributed by atoms with Crippen molar-refractivity contribution in [2.75, 3.05) is 25.1 Å². The van der Waals surface area contributed by atoms with Gasteiger partial charge in [-0.25, -0.2) is 0 Å². The van der Waals surface area contributed by atoms with E-state index in [1.807, 2.05) is 12.2 Å². The number of nitrogens with one attached hydrogen (secondary N) is 1. The Kier molecular flexibility index (Phi) is 5.92. The van der Waals surface area contributed by atoms with Crippen LogP contribution < -0.4 is 14.8 Å². The van der Waals surface area contributed by atoms with Crippen molar-refractivity contribution >= 4 is 29.4 Å². The zero-order chi connectivity index (χ0) is 22.0. The number of fused-ring (bicyclic) bond motifs is 2. The number of rotatable bonds is 6. The molecular formula is C22H24N2O7. The Bertz CT molecular complexity index is 916. The molecule has 3 atom stereocenters. The third kappa shape index (κ3) is 4.40. The second-order valence-corrected chi connectivity index (χ2v) is 7.71. The maximum absolute atomic E-state index is 12.4. The van der Waals surface area contributed by atoms with E-state index in [-0.39, 0.29) is 36.6 Å². The summed E-state index contributed by atoms with van der Waals surface area (Å²) in [5.74, 6) is -1.16. The largest absolute Gasteiger partial charge is 0.486 e. The van der Waals surface area contributed by atoms with Crippen LogP contribution in [0.3, 0.4) is 0 Å². The highest BCUT2D eigenvalue weighted by atomic mass is 16.6. The minimum Gasteiger partial charge on any atom is -0.486 e. The first kappa shape index (κ1) is 20.9. The predicted octanol–water partition coefficient (Wildman–Crippen LogP) is 1.67. The lowest BCUT2D eigenvalue weighted by Crippen LogP contribution is -2.35. The third-order valence-electron chi connectivity index (χ3n) is 5.63. The van der Waals surface area contributed by atoms with Crippen molar-refractivity contribution in [3.05, 3.63) is 30.4 Å². The number of likely N-dealkylation sites (tertiary alicyclic amines) is 1. The predicted molar refractivity (Wildman–Crippen MR) is 108 cm³/mol. The van der Waals surface area contributed by atoms with Gasteiger partial charge in [0.1, 0.15) is 13.2 Å². The molecular weight excluding hydrogens is 404 g/mol. The van der Waals surface area contributed by atoms with Gasteiger partial charge in [0.15, 0.2) is 17.6 Å². The normalized spacial score (nSPS) is 22.7. The number of imide groups is 1. The molecule has 1 N–H and O–H groups in total. The van der Waals surface area contributed by atoms with E-state index < -0.39 is 18.0 Å². The quantitative estimate of drug-likeness (QED) is 0.417. The Morgan fingerprint density at radius 2 is 1.74 bits per heavy atom. The number of allylic oxidation sites excluding steroid dienone is 2. The first-order chi connectivity index (χ1) is 14.9. The Morgan fingerprint density at radius 1 is 1.10 bits per heavy atom. The minimum absolute atomic E-state index is 0.0417. The van der Waals surface area contributed by atoms with E-state index >= 15 is 0 Å². The van der Waals surface area contributed by atoms with Crippen LogP contribution in [0.25, 0.3) is 0 Å². The Morgan fingerprint density at radius 3 is 2.42 bits per heavy atom. The molecule has 1 saturated heterocycles. The molecule has 1 aromatic rings. The van der Waals surface area contributed by atoms with Crippen LogP contribution in [0.4, 0.5) is 5.69 Å². The fraction of sp³-hybridized carbons (Fsp3) is 0.455. The molecule has 0 saturated carbocycles. The van der Waals surface area contributed by atoms with Crippen LogP contribution in [0.15, 0.2) is 30.4 Å². The van der Waals surface area contributed by atoms with Gasteiger partial charge < -0.3 is 19.5 Å². The number of esters is 1. The van der Waals surface area contributed by atoms with E-state index in [4.69, 9.17) is 14.2 Å². The van der Waals surface area contributed by atoms with E-state index in [0.717, 1.165) is 4.90 Å². The molecule has 2 aliphatic heterocycles. The molecule has 164 valence electrons. The molecule has 0 unspecified atom stereocenters. The first-order valence-corrected chi connectivity index (χ1v) is 10.3. The fourth-order valence-electron chi connectivity index (χ4n) is 3.97. The number of hydrogen-bond acceptors (Lipinski definition) is 7. The average molecular weight is 428 g/mol. The Labute approximate surface area is 179 Å². The van der Waals surface area contributed by atoms with E-state index in [9.17, 15) is 19.2 Å². The number of ether oxygens (including phenoxy) is 3. The molecule has 4 rings (SSSR count). The highest BCUT2D eigenvalue weighted by Crippen LogP contribution is 2.35. The van der Waals surface area contributed by atoms with Crippen LogP contribution in [0.1, 0.15) is 26.2 Å². The van der Waals surface area contributed by atoms with Gasteiger partial charge in [0, 0.05) is 18.3 Å². The summed E-state index contributed by atoms with van der Waals surface area (Å²) < 4.78 is 16.1. The third-order valence-corrected chi connectivity index (χ3v) is 5.63. The summed E-state index contributed by atoms with van der Waals surface area (Å²) >= 11 is 0. The standard InChI is InChI=1S/C22H24N2O7/c1-13(20(26)23-14-6-7-17-18(12-14)30-11-10-29-17)31-19(25)8-9-24-21(27)15-4-2-3-5-16(15)22(24)28/h2-3,6-7,12-13,15-16H,4-5,8-11H2,1H3,(H,23,26)/t13-,15+,16+/m0/s1. The first-order valence-electron chi connectivity index (χ1n) is 10.3. The van der Waals surface area contributed by atoms with Crippen molar-refractivity contribution in [1.29, 1.82) is 0 Å². The number of hydrogen-bond donors (Lipinski definition) is 1. The molecule has 0 radical (unpaired) electrons. The molecule has 1 fully saturated rings. The van der Waals surface area contributed by atoms with Crippen LogP contribution in [0.2, 0.25) is 0 Å². The van der Waals surface area contributed by atoms with E-state index in [1.54, 1.807) is 18.2 Å². The van der Waals surface area contributed by atoms with Gasteiger partial charge in [0.2, 0.25) is 11.8 Å². The summed E-state index contributed by atoms with van der Waals surface area (Å²) in [5, 5.41) is 2.66. The van der Waals surface area contributed by atoms with Crippen molar-refractivity contribution < 1.29 is 33.4 Å². The van der Waals surface area contributed by atoms with Crippen LogP contribution in [0.5, 0.6) is 11.5 Å². The zero-order valence-corrected chi connectivity index (χ0v) is 17.2. The van der Waals surface area contributed by atoms with Gasteiger partial charge in [-0.1, -0.05) is 12.2 Å². The van der Waals surface area contributed by atoms with Crippen molar-refractivity contribution in [2.24, 2.45) is 11.8 Å².